The molecule has 1 aromatic carbocycles. The Labute approximate surface area is 142 Å². The van der Waals surface area contributed by atoms with Crippen LogP contribution in [0, 0.1) is 16.0 Å². The summed E-state index contributed by atoms with van der Waals surface area (Å²) in [5.74, 6) is 1.73. The summed E-state index contributed by atoms with van der Waals surface area (Å²) in [5, 5.41) is 13.6. The SMILES string of the molecule is CCCC[C@H](CC)CNC(=O)CSCc1ccc([N+](=O)[O-])cc1. The summed E-state index contributed by atoms with van der Waals surface area (Å²) < 4.78 is 0. The number of thioether (sulfide) groups is 1. The Morgan fingerprint density at radius 1 is 1.30 bits per heavy atom. The minimum absolute atomic E-state index is 0.0619. The van der Waals surface area contributed by atoms with Gasteiger partial charge in [0, 0.05) is 24.4 Å². The van der Waals surface area contributed by atoms with E-state index in [0.29, 0.717) is 17.4 Å². The number of nitro benzene ring substituents is 1. The van der Waals surface area contributed by atoms with Crippen molar-refractivity contribution in [2.45, 2.75) is 45.3 Å². The maximum absolute atomic E-state index is 11.8. The monoisotopic (exact) mass is 338 g/mol. The first-order chi connectivity index (χ1) is 11.1. The maximum Gasteiger partial charge on any atom is 0.269 e. The highest BCUT2D eigenvalue weighted by Crippen LogP contribution is 2.17. The van der Waals surface area contributed by atoms with Crippen LogP contribution >= 0.6 is 11.8 Å². The Hall–Kier alpha value is -1.56. The lowest BCUT2D eigenvalue weighted by Gasteiger charge is -2.15. The first-order valence-corrected chi connectivity index (χ1v) is 9.30. The van der Waals surface area contributed by atoms with E-state index in [2.05, 4.69) is 19.2 Å². The van der Waals surface area contributed by atoms with E-state index >= 15 is 0 Å². The van der Waals surface area contributed by atoms with Crippen LogP contribution < -0.4 is 5.32 Å². The maximum atomic E-state index is 11.8. The normalized spacial score (nSPS) is 11.9. The second kappa shape index (κ2) is 11.0. The summed E-state index contributed by atoms with van der Waals surface area (Å²) in [7, 11) is 0. The lowest BCUT2D eigenvalue weighted by Crippen LogP contribution is -2.30. The highest BCUT2D eigenvalue weighted by Gasteiger charge is 2.09. The molecule has 1 rings (SSSR count). The van der Waals surface area contributed by atoms with Crippen molar-refractivity contribution in [3.8, 4) is 0 Å². The molecule has 6 heteroatoms. The lowest BCUT2D eigenvalue weighted by atomic mass is 9.99. The summed E-state index contributed by atoms with van der Waals surface area (Å²) in [6, 6.07) is 6.47. The Bertz CT molecular complexity index is 491. The Morgan fingerprint density at radius 2 is 2.00 bits per heavy atom. The average Bonchev–Trinajstić information content (AvgIpc) is 2.55. The molecule has 1 atom stereocenters. The van der Waals surface area contributed by atoms with E-state index in [-0.39, 0.29) is 11.6 Å². The minimum atomic E-state index is -0.410. The number of hydrogen-bond donors (Lipinski definition) is 1. The van der Waals surface area contributed by atoms with Gasteiger partial charge >= 0.3 is 0 Å². The number of non-ortho nitro benzene ring substituents is 1. The van der Waals surface area contributed by atoms with Gasteiger partial charge in [-0.3, -0.25) is 14.9 Å². The van der Waals surface area contributed by atoms with Crippen molar-refractivity contribution in [1.29, 1.82) is 0 Å². The third-order valence-electron chi connectivity index (χ3n) is 3.78. The predicted octanol–water partition coefficient (Wildman–Crippen LogP) is 4.16. The van der Waals surface area contributed by atoms with Crippen LogP contribution in [0.25, 0.3) is 0 Å². The largest absolute Gasteiger partial charge is 0.355 e. The zero-order valence-electron chi connectivity index (χ0n) is 13.9. The summed E-state index contributed by atoms with van der Waals surface area (Å²) in [4.78, 5) is 22.0. The fourth-order valence-electron chi connectivity index (χ4n) is 2.23. The molecule has 0 aromatic heterocycles. The van der Waals surface area contributed by atoms with Crippen LogP contribution in [0.2, 0.25) is 0 Å². The van der Waals surface area contributed by atoms with Crippen LogP contribution in [-0.2, 0) is 10.5 Å². The molecule has 0 aliphatic heterocycles. The van der Waals surface area contributed by atoms with Gasteiger partial charge in [0.15, 0.2) is 0 Å². The van der Waals surface area contributed by atoms with Crippen molar-refractivity contribution >= 4 is 23.4 Å². The van der Waals surface area contributed by atoms with E-state index in [1.54, 1.807) is 12.1 Å². The van der Waals surface area contributed by atoms with Gasteiger partial charge in [0.2, 0.25) is 5.91 Å². The molecule has 0 spiro atoms. The Balaban J connectivity index is 2.24. The van der Waals surface area contributed by atoms with Gasteiger partial charge in [0.05, 0.1) is 10.7 Å². The Kier molecular flexibility index (Phi) is 9.36. The predicted molar refractivity (Wildman–Crippen MR) is 95.6 cm³/mol. The molecule has 128 valence electrons. The smallest absolute Gasteiger partial charge is 0.269 e. The lowest BCUT2D eigenvalue weighted by molar-refractivity contribution is -0.384. The first kappa shape index (κ1) is 19.5. The number of carbonyl (C=O) groups is 1. The molecule has 1 amide bonds. The summed E-state index contributed by atoms with van der Waals surface area (Å²) >= 11 is 1.52. The van der Waals surface area contributed by atoms with Crippen molar-refractivity contribution in [3.63, 3.8) is 0 Å². The first-order valence-electron chi connectivity index (χ1n) is 8.14. The summed E-state index contributed by atoms with van der Waals surface area (Å²) in [5.41, 5.74) is 1.08. The van der Waals surface area contributed by atoms with Gasteiger partial charge in [-0.15, -0.1) is 11.8 Å². The third kappa shape index (κ3) is 8.02. The van der Waals surface area contributed by atoms with E-state index in [0.717, 1.165) is 18.5 Å². The van der Waals surface area contributed by atoms with Crippen LogP contribution in [0.4, 0.5) is 5.69 Å². The van der Waals surface area contributed by atoms with Gasteiger partial charge in [-0.1, -0.05) is 45.2 Å². The molecule has 1 aromatic rings. The van der Waals surface area contributed by atoms with Gasteiger partial charge in [0.1, 0.15) is 0 Å². The van der Waals surface area contributed by atoms with Crippen LogP contribution in [0.3, 0.4) is 0 Å². The number of nitrogens with one attached hydrogen (secondary N) is 1. The molecule has 0 aliphatic carbocycles. The molecule has 0 saturated heterocycles. The Morgan fingerprint density at radius 3 is 2.57 bits per heavy atom. The molecule has 0 heterocycles. The molecule has 0 radical (unpaired) electrons. The summed E-state index contributed by atoms with van der Waals surface area (Å²) in [6.07, 6.45) is 4.66. The van der Waals surface area contributed by atoms with E-state index in [1.807, 2.05) is 0 Å². The van der Waals surface area contributed by atoms with Gasteiger partial charge in [0.25, 0.3) is 5.69 Å². The highest BCUT2D eigenvalue weighted by atomic mass is 32.2. The number of benzene rings is 1. The van der Waals surface area contributed by atoms with Crippen LogP contribution in [0.15, 0.2) is 24.3 Å². The molecule has 0 unspecified atom stereocenters. The van der Waals surface area contributed by atoms with Gasteiger partial charge in [-0.2, -0.15) is 0 Å². The number of rotatable bonds is 11. The molecule has 0 fully saturated rings. The molecule has 0 bridgehead atoms. The quantitative estimate of drug-likeness (QED) is 0.486. The molecular formula is C17H26N2O3S. The van der Waals surface area contributed by atoms with Gasteiger partial charge in [-0.05, 0) is 17.9 Å². The number of hydrogen-bond acceptors (Lipinski definition) is 4. The third-order valence-corrected chi connectivity index (χ3v) is 4.78. The van der Waals surface area contributed by atoms with E-state index in [9.17, 15) is 14.9 Å². The highest BCUT2D eigenvalue weighted by molar-refractivity contribution is 7.99. The fraction of sp³-hybridized carbons (Fsp3) is 0.588. The molecule has 5 nitrogen and oxygen atoms in total. The topological polar surface area (TPSA) is 72.2 Å². The van der Waals surface area contributed by atoms with Crippen LogP contribution in [0.5, 0.6) is 0 Å². The van der Waals surface area contributed by atoms with Crippen molar-refractivity contribution < 1.29 is 9.72 Å². The molecule has 0 saturated carbocycles. The van der Waals surface area contributed by atoms with E-state index in [1.165, 1.54) is 43.2 Å². The van der Waals surface area contributed by atoms with E-state index in [4.69, 9.17) is 0 Å². The van der Waals surface area contributed by atoms with Crippen molar-refractivity contribution in [3.05, 3.63) is 39.9 Å². The van der Waals surface area contributed by atoms with Gasteiger partial charge < -0.3 is 5.32 Å². The van der Waals surface area contributed by atoms with Crippen LogP contribution in [-0.4, -0.2) is 23.1 Å². The minimum Gasteiger partial charge on any atom is -0.355 e. The molecule has 0 aliphatic rings. The van der Waals surface area contributed by atoms with Crippen molar-refractivity contribution in [1.82, 2.24) is 5.32 Å². The standard InChI is InChI=1S/C17H26N2O3S/c1-3-5-6-14(4-2)11-18-17(20)13-23-12-15-7-9-16(10-8-15)19(21)22/h7-10,14H,3-6,11-13H2,1-2H3,(H,18,20)/t14-/m0/s1. The second-order valence-corrected chi connectivity index (χ2v) is 6.62. The molecular weight excluding hydrogens is 312 g/mol. The molecule has 23 heavy (non-hydrogen) atoms. The average molecular weight is 338 g/mol. The zero-order chi connectivity index (χ0) is 17.1. The fourth-order valence-corrected chi connectivity index (χ4v) is 3.05. The number of nitrogens with zero attached hydrogens (tertiary/aromatic N) is 1. The van der Waals surface area contributed by atoms with Crippen molar-refractivity contribution in [2.24, 2.45) is 5.92 Å². The second-order valence-electron chi connectivity index (χ2n) is 5.64. The molecule has 1 N–H and O–H groups in total. The van der Waals surface area contributed by atoms with Crippen LogP contribution in [0.1, 0.15) is 45.1 Å². The van der Waals surface area contributed by atoms with E-state index < -0.39 is 4.92 Å². The number of unbranched alkanes of at least 4 members (excludes halogenated alkanes) is 1. The summed E-state index contributed by atoms with van der Waals surface area (Å²) in [6.45, 7) is 5.10. The zero-order valence-corrected chi connectivity index (χ0v) is 14.7. The van der Waals surface area contributed by atoms with Gasteiger partial charge in [-0.25, -0.2) is 0 Å². The van der Waals surface area contributed by atoms with Crippen molar-refractivity contribution in [2.75, 3.05) is 12.3 Å². The number of carbonyl (C=O) groups excluding carboxylic acids is 1. The number of nitro groups is 1. The number of amides is 1.